The average Bonchev–Trinajstić information content (AvgIpc) is 3.31. The van der Waals surface area contributed by atoms with E-state index in [1.54, 1.807) is 19.1 Å². The molecule has 30 heavy (non-hydrogen) atoms. The highest BCUT2D eigenvalue weighted by Crippen LogP contribution is 2.26. The number of fused-ring (bicyclic) bond motifs is 1. The van der Waals surface area contributed by atoms with Gasteiger partial charge in [-0.25, -0.2) is 9.78 Å². The van der Waals surface area contributed by atoms with Gasteiger partial charge in [0.1, 0.15) is 22.2 Å². The van der Waals surface area contributed by atoms with Gasteiger partial charge in [0, 0.05) is 10.9 Å². The maximum absolute atomic E-state index is 13.2. The first-order valence-corrected chi connectivity index (χ1v) is 10.5. The van der Waals surface area contributed by atoms with Gasteiger partial charge in [-0.3, -0.25) is 19.5 Å². The number of carboxylic acid groups (broad SMARTS) is 1. The maximum Gasteiger partial charge on any atom is 0.337 e. The third kappa shape index (κ3) is 3.72. The number of nitrogens with zero attached hydrogens (tertiary/aromatic N) is 4. The molecule has 0 fully saturated rings. The standard InChI is InChI=1S/C19H15N5O4S2/c1-9-3-5-11(6-4-9)15-21-16-14(12(8-29-16)18(27)28)17(26)24(15)7-13(25)20-19-23-22-10(2)30-19/h3-6,8H,7H2,1-2H3,(H,27,28)(H,20,23,25). The van der Waals surface area contributed by atoms with Gasteiger partial charge in [0.05, 0.1) is 10.9 Å². The molecule has 2 N–H and O–H groups in total. The molecule has 0 saturated heterocycles. The van der Waals surface area contributed by atoms with Crippen LogP contribution in [-0.2, 0) is 11.3 Å². The molecule has 4 aromatic rings. The number of thiophene rings is 1. The number of aryl methyl sites for hydroxylation is 2. The summed E-state index contributed by atoms with van der Waals surface area (Å²) in [6.07, 6.45) is 0. The van der Waals surface area contributed by atoms with Crippen LogP contribution in [0.3, 0.4) is 0 Å². The number of hydrogen-bond donors (Lipinski definition) is 2. The van der Waals surface area contributed by atoms with Gasteiger partial charge in [0.25, 0.3) is 5.56 Å². The summed E-state index contributed by atoms with van der Waals surface area (Å²) < 4.78 is 1.19. The monoisotopic (exact) mass is 441 g/mol. The van der Waals surface area contributed by atoms with Crippen molar-refractivity contribution < 1.29 is 14.7 Å². The summed E-state index contributed by atoms with van der Waals surface area (Å²) in [5.74, 6) is -1.42. The van der Waals surface area contributed by atoms with E-state index in [-0.39, 0.29) is 23.3 Å². The van der Waals surface area contributed by atoms with Crippen LogP contribution in [0.5, 0.6) is 0 Å². The normalized spacial score (nSPS) is 11.0. The van der Waals surface area contributed by atoms with Crippen molar-refractivity contribution in [2.24, 2.45) is 0 Å². The summed E-state index contributed by atoms with van der Waals surface area (Å²) in [5.41, 5.74) is 0.960. The third-order valence-corrected chi connectivity index (χ3v) is 5.93. The van der Waals surface area contributed by atoms with Crippen LogP contribution in [0.2, 0.25) is 0 Å². The first-order valence-electron chi connectivity index (χ1n) is 8.76. The van der Waals surface area contributed by atoms with Crippen LogP contribution in [0.25, 0.3) is 21.6 Å². The highest BCUT2D eigenvalue weighted by atomic mass is 32.1. The number of carbonyl (C=O) groups is 2. The second kappa shape index (κ2) is 7.76. The third-order valence-electron chi connectivity index (χ3n) is 4.31. The average molecular weight is 441 g/mol. The number of aromatic nitrogens is 4. The Bertz CT molecular complexity index is 1340. The SMILES string of the molecule is Cc1ccc(-c2nc3scc(C(=O)O)c3c(=O)n2CC(=O)Nc2nnc(C)s2)cc1. The minimum Gasteiger partial charge on any atom is -0.478 e. The fraction of sp³-hybridized carbons (Fsp3) is 0.158. The van der Waals surface area contributed by atoms with Crippen molar-refractivity contribution in [2.75, 3.05) is 5.32 Å². The van der Waals surface area contributed by atoms with Crippen molar-refractivity contribution in [1.82, 2.24) is 19.7 Å². The molecule has 152 valence electrons. The summed E-state index contributed by atoms with van der Waals surface area (Å²) in [4.78, 5) is 42.2. The molecule has 0 aliphatic carbocycles. The fourth-order valence-corrected chi connectivity index (χ4v) is 4.41. The molecule has 1 aromatic carbocycles. The summed E-state index contributed by atoms with van der Waals surface area (Å²) in [6.45, 7) is 3.34. The molecule has 0 radical (unpaired) electrons. The van der Waals surface area contributed by atoms with Gasteiger partial charge in [-0.05, 0) is 13.8 Å². The van der Waals surface area contributed by atoms with E-state index in [0.29, 0.717) is 20.5 Å². The van der Waals surface area contributed by atoms with E-state index in [0.717, 1.165) is 16.9 Å². The Morgan fingerprint density at radius 3 is 2.53 bits per heavy atom. The fourth-order valence-electron chi connectivity index (χ4n) is 2.90. The zero-order chi connectivity index (χ0) is 21.4. The van der Waals surface area contributed by atoms with Crippen molar-refractivity contribution in [3.63, 3.8) is 0 Å². The summed E-state index contributed by atoms with van der Waals surface area (Å²) in [7, 11) is 0. The van der Waals surface area contributed by atoms with E-state index in [4.69, 9.17) is 0 Å². The van der Waals surface area contributed by atoms with Crippen LogP contribution in [0.4, 0.5) is 5.13 Å². The molecule has 0 atom stereocenters. The molecule has 0 aliphatic rings. The van der Waals surface area contributed by atoms with Gasteiger partial charge >= 0.3 is 5.97 Å². The lowest BCUT2D eigenvalue weighted by Crippen LogP contribution is -2.30. The quantitative estimate of drug-likeness (QED) is 0.487. The number of amides is 1. The second-order valence-electron chi connectivity index (χ2n) is 6.50. The number of rotatable bonds is 5. The molecular weight excluding hydrogens is 426 g/mol. The Morgan fingerprint density at radius 2 is 1.90 bits per heavy atom. The molecule has 0 spiro atoms. The van der Waals surface area contributed by atoms with E-state index < -0.39 is 17.4 Å². The number of carbonyl (C=O) groups excluding carboxylic acids is 1. The van der Waals surface area contributed by atoms with E-state index in [2.05, 4.69) is 20.5 Å². The largest absolute Gasteiger partial charge is 0.478 e. The first-order chi connectivity index (χ1) is 14.3. The highest BCUT2D eigenvalue weighted by molar-refractivity contribution is 7.17. The Hall–Kier alpha value is -3.44. The Balaban J connectivity index is 1.84. The number of aromatic carboxylic acids is 1. The minimum absolute atomic E-state index is 0.0112. The zero-order valence-corrected chi connectivity index (χ0v) is 17.5. The summed E-state index contributed by atoms with van der Waals surface area (Å²) in [6, 6.07) is 7.35. The van der Waals surface area contributed by atoms with Gasteiger partial charge in [-0.2, -0.15) is 0 Å². The van der Waals surface area contributed by atoms with Crippen molar-refractivity contribution in [3.05, 3.63) is 56.1 Å². The Kier molecular flexibility index (Phi) is 5.14. The number of nitrogens with one attached hydrogen (secondary N) is 1. The lowest BCUT2D eigenvalue weighted by molar-refractivity contribution is -0.116. The van der Waals surface area contributed by atoms with E-state index in [1.165, 1.54) is 21.3 Å². The lowest BCUT2D eigenvalue weighted by atomic mass is 10.1. The molecular formula is C19H15N5O4S2. The number of hydrogen-bond acceptors (Lipinski definition) is 8. The molecule has 4 rings (SSSR count). The predicted octanol–water partition coefficient (Wildman–Crippen LogP) is 2.93. The van der Waals surface area contributed by atoms with Crippen LogP contribution in [0.1, 0.15) is 20.9 Å². The van der Waals surface area contributed by atoms with E-state index in [9.17, 15) is 19.5 Å². The van der Waals surface area contributed by atoms with Gasteiger partial charge < -0.3 is 5.11 Å². The van der Waals surface area contributed by atoms with E-state index >= 15 is 0 Å². The number of benzene rings is 1. The van der Waals surface area contributed by atoms with Crippen LogP contribution < -0.4 is 10.9 Å². The molecule has 0 aliphatic heterocycles. The minimum atomic E-state index is -1.22. The predicted molar refractivity (Wildman–Crippen MR) is 114 cm³/mol. The molecule has 3 aromatic heterocycles. The smallest absolute Gasteiger partial charge is 0.337 e. The Labute approximate surface area is 177 Å². The van der Waals surface area contributed by atoms with E-state index in [1.807, 2.05) is 19.1 Å². The molecule has 0 unspecified atom stereocenters. The summed E-state index contributed by atoms with van der Waals surface area (Å²) in [5, 5.41) is 22.1. The van der Waals surface area contributed by atoms with Crippen molar-refractivity contribution >= 4 is 49.9 Å². The zero-order valence-electron chi connectivity index (χ0n) is 15.9. The summed E-state index contributed by atoms with van der Waals surface area (Å²) >= 11 is 2.29. The molecule has 3 heterocycles. The van der Waals surface area contributed by atoms with Gasteiger partial charge in [-0.15, -0.1) is 21.5 Å². The van der Waals surface area contributed by atoms with Crippen molar-refractivity contribution in [3.8, 4) is 11.4 Å². The van der Waals surface area contributed by atoms with Crippen molar-refractivity contribution in [1.29, 1.82) is 0 Å². The van der Waals surface area contributed by atoms with Gasteiger partial charge in [0.15, 0.2) is 0 Å². The van der Waals surface area contributed by atoms with Crippen LogP contribution in [0, 0.1) is 13.8 Å². The Morgan fingerprint density at radius 1 is 1.17 bits per heavy atom. The molecule has 0 bridgehead atoms. The molecule has 11 heteroatoms. The maximum atomic E-state index is 13.2. The number of carboxylic acids is 1. The van der Waals surface area contributed by atoms with Crippen LogP contribution >= 0.6 is 22.7 Å². The van der Waals surface area contributed by atoms with Crippen LogP contribution in [0.15, 0.2) is 34.4 Å². The second-order valence-corrected chi connectivity index (χ2v) is 8.54. The van der Waals surface area contributed by atoms with Gasteiger partial charge in [0.2, 0.25) is 11.0 Å². The first kappa shape index (κ1) is 19.9. The molecule has 1 amide bonds. The molecule has 0 saturated carbocycles. The van der Waals surface area contributed by atoms with Gasteiger partial charge in [-0.1, -0.05) is 41.2 Å². The highest BCUT2D eigenvalue weighted by Gasteiger charge is 2.22. The topological polar surface area (TPSA) is 127 Å². The lowest BCUT2D eigenvalue weighted by Gasteiger charge is -2.12. The number of anilines is 1. The van der Waals surface area contributed by atoms with Crippen LogP contribution in [-0.4, -0.2) is 36.7 Å². The van der Waals surface area contributed by atoms with Crippen molar-refractivity contribution in [2.45, 2.75) is 20.4 Å². The molecule has 9 nitrogen and oxygen atoms in total.